The summed E-state index contributed by atoms with van der Waals surface area (Å²) in [6.45, 7) is 0.948. The molecule has 1 aromatic carbocycles. The first kappa shape index (κ1) is 10.8. The second-order valence-electron chi connectivity index (χ2n) is 3.88. The first-order valence-corrected chi connectivity index (χ1v) is 5.30. The number of phenols is 1. The number of ether oxygens (including phenoxy) is 1. The molecule has 1 fully saturated rings. The second kappa shape index (κ2) is 4.42. The topological polar surface area (TPSA) is 65.3 Å². The van der Waals surface area contributed by atoms with Crippen LogP contribution >= 0.6 is 0 Å². The van der Waals surface area contributed by atoms with Crippen molar-refractivity contribution < 1.29 is 9.84 Å². The van der Waals surface area contributed by atoms with Gasteiger partial charge < -0.3 is 15.2 Å². The fourth-order valence-corrected chi connectivity index (χ4v) is 2.07. The number of nitriles is 1. The summed E-state index contributed by atoms with van der Waals surface area (Å²) < 4.78 is 5.06. The van der Waals surface area contributed by atoms with Crippen molar-refractivity contribution in [2.24, 2.45) is 0 Å². The summed E-state index contributed by atoms with van der Waals surface area (Å²) in [6, 6.07) is 5.47. The third kappa shape index (κ3) is 1.82. The Morgan fingerprint density at radius 1 is 1.56 bits per heavy atom. The van der Waals surface area contributed by atoms with Gasteiger partial charge in [0.15, 0.2) is 11.5 Å². The fraction of sp³-hybridized carbons (Fsp3) is 0.417. The number of hydrogen-bond acceptors (Lipinski definition) is 4. The lowest BCUT2D eigenvalue weighted by molar-refractivity contribution is 0.367. The van der Waals surface area contributed by atoms with E-state index >= 15 is 0 Å². The number of methoxy groups -OCH3 is 1. The maximum Gasteiger partial charge on any atom is 0.162 e. The molecule has 0 saturated carbocycles. The van der Waals surface area contributed by atoms with E-state index in [-0.39, 0.29) is 11.8 Å². The molecular formula is C12H14N2O2. The molecule has 84 valence electrons. The minimum atomic E-state index is 0.127. The molecule has 0 bridgehead atoms. The standard InChI is InChI=1S/C12H14N2O2/c1-16-11-6-8(7-13)5-9(12(11)15)10-3-2-4-14-10/h5-6,10,14-15H,2-4H2,1H3/t10-/m0/s1. The highest BCUT2D eigenvalue weighted by atomic mass is 16.5. The molecule has 0 radical (unpaired) electrons. The van der Waals surface area contributed by atoms with Crippen molar-refractivity contribution in [3.8, 4) is 17.6 Å². The maximum atomic E-state index is 9.99. The molecule has 1 saturated heterocycles. The summed E-state index contributed by atoms with van der Waals surface area (Å²) in [5.41, 5.74) is 1.27. The van der Waals surface area contributed by atoms with Gasteiger partial charge in [0, 0.05) is 17.7 Å². The highest BCUT2D eigenvalue weighted by molar-refractivity contribution is 5.53. The van der Waals surface area contributed by atoms with Gasteiger partial charge >= 0.3 is 0 Å². The number of rotatable bonds is 2. The number of aromatic hydroxyl groups is 1. The van der Waals surface area contributed by atoms with E-state index in [9.17, 15) is 5.11 Å². The predicted molar refractivity (Wildman–Crippen MR) is 59.4 cm³/mol. The Balaban J connectivity index is 2.46. The van der Waals surface area contributed by atoms with Crippen LogP contribution in [0.15, 0.2) is 12.1 Å². The number of phenolic OH excluding ortho intramolecular Hbond substituents is 1. The van der Waals surface area contributed by atoms with Crippen LogP contribution in [0.3, 0.4) is 0 Å². The van der Waals surface area contributed by atoms with Gasteiger partial charge in [-0.3, -0.25) is 0 Å². The smallest absolute Gasteiger partial charge is 0.162 e. The molecule has 16 heavy (non-hydrogen) atoms. The van der Waals surface area contributed by atoms with Gasteiger partial charge in [-0.15, -0.1) is 0 Å². The molecule has 0 aromatic heterocycles. The van der Waals surface area contributed by atoms with Crippen molar-refractivity contribution in [2.45, 2.75) is 18.9 Å². The van der Waals surface area contributed by atoms with Gasteiger partial charge in [-0.2, -0.15) is 5.26 Å². The lowest BCUT2D eigenvalue weighted by atomic mass is 10.0. The first-order valence-electron chi connectivity index (χ1n) is 5.30. The average Bonchev–Trinajstić information content (AvgIpc) is 2.83. The van der Waals surface area contributed by atoms with Gasteiger partial charge in [0.05, 0.1) is 18.7 Å². The number of nitrogens with zero attached hydrogens (tertiary/aromatic N) is 1. The van der Waals surface area contributed by atoms with E-state index in [1.165, 1.54) is 7.11 Å². The first-order chi connectivity index (χ1) is 7.76. The molecule has 0 amide bonds. The molecule has 1 aliphatic heterocycles. The zero-order valence-electron chi connectivity index (χ0n) is 9.16. The maximum absolute atomic E-state index is 9.99. The molecule has 1 heterocycles. The lowest BCUT2D eigenvalue weighted by Crippen LogP contribution is -2.13. The summed E-state index contributed by atoms with van der Waals surface area (Å²) in [4.78, 5) is 0. The SMILES string of the molecule is COc1cc(C#N)cc([C@@H]2CCCN2)c1O. The van der Waals surface area contributed by atoms with Crippen LogP contribution in [-0.2, 0) is 0 Å². The summed E-state index contributed by atoms with van der Waals surface area (Å²) in [5, 5.41) is 22.2. The number of nitrogens with one attached hydrogen (secondary N) is 1. The van der Waals surface area contributed by atoms with Crippen molar-refractivity contribution in [1.29, 1.82) is 5.26 Å². The van der Waals surface area contributed by atoms with Crippen LogP contribution < -0.4 is 10.1 Å². The van der Waals surface area contributed by atoms with E-state index < -0.39 is 0 Å². The predicted octanol–water partition coefficient (Wildman–Crippen LogP) is 1.70. The van der Waals surface area contributed by atoms with E-state index in [2.05, 4.69) is 11.4 Å². The molecule has 1 aliphatic rings. The van der Waals surface area contributed by atoms with Crippen LogP contribution in [0.1, 0.15) is 30.0 Å². The zero-order chi connectivity index (χ0) is 11.5. The molecule has 4 nitrogen and oxygen atoms in total. The average molecular weight is 218 g/mol. The highest BCUT2D eigenvalue weighted by Gasteiger charge is 2.22. The fourth-order valence-electron chi connectivity index (χ4n) is 2.07. The Labute approximate surface area is 94.5 Å². The van der Waals surface area contributed by atoms with Crippen molar-refractivity contribution in [1.82, 2.24) is 5.32 Å². The van der Waals surface area contributed by atoms with Crippen LogP contribution in [-0.4, -0.2) is 18.8 Å². The Bertz CT molecular complexity index is 431. The molecular weight excluding hydrogens is 204 g/mol. The van der Waals surface area contributed by atoms with Crippen molar-refractivity contribution in [2.75, 3.05) is 13.7 Å². The molecule has 1 aromatic rings. The molecule has 0 unspecified atom stereocenters. The van der Waals surface area contributed by atoms with Crippen molar-refractivity contribution >= 4 is 0 Å². The van der Waals surface area contributed by atoms with Crippen molar-refractivity contribution in [3.63, 3.8) is 0 Å². The summed E-state index contributed by atoms with van der Waals surface area (Å²) >= 11 is 0. The lowest BCUT2D eigenvalue weighted by Gasteiger charge is -2.15. The minimum Gasteiger partial charge on any atom is -0.504 e. The summed E-state index contributed by atoms with van der Waals surface area (Å²) in [5.74, 6) is 0.503. The van der Waals surface area contributed by atoms with Crippen LogP contribution in [0.2, 0.25) is 0 Å². The molecule has 4 heteroatoms. The Hall–Kier alpha value is -1.73. The Kier molecular flexibility index (Phi) is 2.97. The summed E-state index contributed by atoms with van der Waals surface area (Å²) in [6.07, 6.45) is 2.06. The molecule has 0 spiro atoms. The summed E-state index contributed by atoms with van der Waals surface area (Å²) in [7, 11) is 1.49. The van der Waals surface area contributed by atoms with Gasteiger partial charge in [0.2, 0.25) is 0 Å². The normalized spacial score (nSPS) is 19.4. The van der Waals surface area contributed by atoms with E-state index in [0.717, 1.165) is 24.9 Å². The van der Waals surface area contributed by atoms with Crippen LogP contribution in [0.25, 0.3) is 0 Å². The van der Waals surface area contributed by atoms with Gasteiger partial charge in [-0.25, -0.2) is 0 Å². The van der Waals surface area contributed by atoms with Crippen LogP contribution in [0.5, 0.6) is 11.5 Å². The molecule has 1 atom stereocenters. The monoisotopic (exact) mass is 218 g/mol. The van der Waals surface area contributed by atoms with Crippen LogP contribution in [0, 0.1) is 11.3 Å². The Morgan fingerprint density at radius 2 is 2.38 bits per heavy atom. The van der Waals surface area contributed by atoms with Crippen molar-refractivity contribution in [3.05, 3.63) is 23.3 Å². The van der Waals surface area contributed by atoms with E-state index in [1.54, 1.807) is 12.1 Å². The third-order valence-corrected chi connectivity index (χ3v) is 2.89. The van der Waals surface area contributed by atoms with Gasteiger partial charge in [0.25, 0.3) is 0 Å². The van der Waals surface area contributed by atoms with Gasteiger partial charge in [-0.05, 0) is 25.5 Å². The molecule has 2 rings (SSSR count). The quantitative estimate of drug-likeness (QED) is 0.793. The minimum absolute atomic E-state index is 0.127. The largest absolute Gasteiger partial charge is 0.504 e. The molecule has 0 aliphatic carbocycles. The third-order valence-electron chi connectivity index (χ3n) is 2.89. The van der Waals surface area contributed by atoms with E-state index in [1.807, 2.05) is 0 Å². The Morgan fingerprint density at radius 3 is 2.94 bits per heavy atom. The number of hydrogen-bond donors (Lipinski definition) is 2. The molecule has 2 N–H and O–H groups in total. The highest BCUT2D eigenvalue weighted by Crippen LogP contribution is 2.37. The van der Waals surface area contributed by atoms with Crippen LogP contribution in [0.4, 0.5) is 0 Å². The van der Waals surface area contributed by atoms with Gasteiger partial charge in [-0.1, -0.05) is 0 Å². The van der Waals surface area contributed by atoms with E-state index in [4.69, 9.17) is 10.00 Å². The van der Waals surface area contributed by atoms with Gasteiger partial charge in [0.1, 0.15) is 0 Å². The number of benzene rings is 1. The van der Waals surface area contributed by atoms with E-state index in [0.29, 0.717) is 11.3 Å². The second-order valence-corrected chi connectivity index (χ2v) is 3.88. The zero-order valence-corrected chi connectivity index (χ0v) is 9.16.